The molecule has 7 nitrogen and oxygen atoms in total. The van der Waals surface area contributed by atoms with Crippen LogP contribution in [0.5, 0.6) is 0 Å². The fraction of sp³-hybridized carbons (Fsp3) is 0.619. The molecule has 2 atom stereocenters. The number of aliphatic carboxylic acids is 1. The number of nitrogens with zero attached hydrogens (tertiary/aromatic N) is 2. The van der Waals surface area contributed by atoms with Gasteiger partial charge in [0, 0.05) is 28.0 Å². The van der Waals surface area contributed by atoms with Crippen LogP contribution in [0.25, 0.3) is 11.5 Å². The average Bonchev–Trinajstić information content (AvgIpc) is 3.32. The molecule has 2 aliphatic rings. The first-order chi connectivity index (χ1) is 14.0. The van der Waals surface area contributed by atoms with E-state index < -0.39 is 17.8 Å². The lowest BCUT2D eigenvalue weighted by Gasteiger charge is -2.27. The Balaban J connectivity index is 1.67. The minimum absolute atomic E-state index is 0.00136. The highest BCUT2D eigenvalue weighted by Gasteiger charge is 2.36. The van der Waals surface area contributed by atoms with Crippen molar-refractivity contribution in [2.75, 3.05) is 6.61 Å². The van der Waals surface area contributed by atoms with Gasteiger partial charge >= 0.3 is 5.97 Å². The van der Waals surface area contributed by atoms with E-state index in [0.29, 0.717) is 37.8 Å². The number of fused-ring (bicyclic) bond motifs is 1. The van der Waals surface area contributed by atoms with Crippen molar-refractivity contribution in [3.05, 3.63) is 21.1 Å². The molecule has 1 aliphatic heterocycles. The van der Waals surface area contributed by atoms with Gasteiger partial charge in [-0.3, -0.25) is 9.59 Å². The zero-order valence-corrected chi connectivity index (χ0v) is 17.6. The van der Waals surface area contributed by atoms with Crippen LogP contribution >= 0.6 is 11.3 Å². The number of carboxylic acids is 1. The van der Waals surface area contributed by atoms with E-state index in [2.05, 4.69) is 10.1 Å². The van der Waals surface area contributed by atoms with E-state index in [4.69, 9.17) is 9.26 Å². The van der Waals surface area contributed by atoms with Crippen LogP contribution in [0.1, 0.15) is 66.6 Å². The van der Waals surface area contributed by atoms with Gasteiger partial charge in [0.25, 0.3) is 5.89 Å². The average molecular weight is 419 g/mol. The minimum Gasteiger partial charge on any atom is -0.481 e. The summed E-state index contributed by atoms with van der Waals surface area (Å²) in [6, 6.07) is 0. The molecule has 2 aromatic rings. The molecule has 0 bridgehead atoms. The molecule has 0 radical (unpaired) electrons. The summed E-state index contributed by atoms with van der Waals surface area (Å²) >= 11 is 1.56. The van der Waals surface area contributed by atoms with Crippen LogP contribution in [0.3, 0.4) is 0 Å². The number of ether oxygens (including phenoxy) is 1. The van der Waals surface area contributed by atoms with Crippen molar-refractivity contribution in [1.82, 2.24) is 10.1 Å². The maximum Gasteiger partial charge on any atom is 0.307 e. The molecule has 0 spiro atoms. The van der Waals surface area contributed by atoms with Crippen molar-refractivity contribution in [2.24, 2.45) is 11.8 Å². The summed E-state index contributed by atoms with van der Waals surface area (Å²) < 4.78 is 11.2. The van der Waals surface area contributed by atoms with E-state index >= 15 is 0 Å². The zero-order valence-electron chi connectivity index (χ0n) is 16.8. The van der Waals surface area contributed by atoms with Crippen molar-refractivity contribution < 1.29 is 24.0 Å². The highest BCUT2D eigenvalue weighted by atomic mass is 32.1. The topological polar surface area (TPSA) is 103 Å². The van der Waals surface area contributed by atoms with Crippen LogP contribution < -0.4 is 0 Å². The number of hydrogen-bond donors (Lipinski definition) is 1. The summed E-state index contributed by atoms with van der Waals surface area (Å²) in [4.78, 5) is 31.3. The first-order valence-electron chi connectivity index (χ1n) is 10.3. The van der Waals surface area contributed by atoms with E-state index in [0.717, 1.165) is 40.1 Å². The second kappa shape index (κ2) is 8.36. The Hall–Kier alpha value is -2.06. The number of ketones is 1. The summed E-state index contributed by atoms with van der Waals surface area (Å²) in [6.45, 7) is 5.16. The molecule has 29 heavy (non-hydrogen) atoms. The lowest BCUT2D eigenvalue weighted by Crippen LogP contribution is -2.33. The first-order valence-corrected chi connectivity index (χ1v) is 11.1. The number of aromatic nitrogens is 2. The van der Waals surface area contributed by atoms with Crippen molar-refractivity contribution in [1.29, 1.82) is 0 Å². The van der Waals surface area contributed by atoms with Crippen molar-refractivity contribution in [3.63, 3.8) is 0 Å². The van der Waals surface area contributed by atoms with Gasteiger partial charge in [0.15, 0.2) is 5.82 Å². The van der Waals surface area contributed by atoms with Gasteiger partial charge < -0.3 is 14.4 Å². The van der Waals surface area contributed by atoms with Gasteiger partial charge in [-0.15, -0.1) is 11.3 Å². The van der Waals surface area contributed by atoms with E-state index in [1.165, 1.54) is 0 Å². The van der Waals surface area contributed by atoms with E-state index in [1.54, 1.807) is 11.3 Å². The lowest BCUT2D eigenvalue weighted by atomic mass is 9.76. The fourth-order valence-corrected chi connectivity index (χ4v) is 5.63. The molecule has 1 N–H and O–H groups in total. The maximum atomic E-state index is 13.1. The molecule has 8 heteroatoms. The molecule has 4 rings (SSSR count). The van der Waals surface area contributed by atoms with Gasteiger partial charge in [0.05, 0.1) is 24.7 Å². The Morgan fingerprint density at radius 1 is 1.24 bits per heavy atom. The third kappa shape index (κ3) is 4.00. The normalized spacial score (nSPS) is 21.9. The summed E-state index contributed by atoms with van der Waals surface area (Å²) in [7, 11) is 0. The van der Waals surface area contributed by atoms with Crippen LogP contribution in [0, 0.1) is 11.8 Å². The van der Waals surface area contributed by atoms with Crippen LogP contribution in [-0.4, -0.2) is 33.6 Å². The molecule has 2 aromatic heterocycles. The quantitative estimate of drug-likeness (QED) is 0.756. The largest absolute Gasteiger partial charge is 0.481 e. The molecule has 0 saturated heterocycles. The van der Waals surface area contributed by atoms with Crippen molar-refractivity contribution >= 4 is 23.1 Å². The summed E-state index contributed by atoms with van der Waals surface area (Å²) in [5.41, 5.74) is 1.99. The Bertz CT molecular complexity index is 916. The molecule has 156 valence electrons. The van der Waals surface area contributed by atoms with Gasteiger partial charge in [0.1, 0.15) is 5.78 Å². The predicted molar refractivity (Wildman–Crippen MR) is 107 cm³/mol. The van der Waals surface area contributed by atoms with Crippen molar-refractivity contribution in [2.45, 2.75) is 64.9 Å². The number of carbonyl (C=O) groups is 2. The van der Waals surface area contributed by atoms with Crippen LogP contribution in [-0.2, 0) is 33.8 Å². The van der Waals surface area contributed by atoms with Gasteiger partial charge in [-0.05, 0) is 24.8 Å². The fourth-order valence-electron chi connectivity index (χ4n) is 4.33. The zero-order chi connectivity index (χ0) is 20.5. The smallest absolute Gasteiger partial charge is 0.307 e. The van der Waals surface area contributed by atoms with Gasteiger partial charge in [-0.1, -0.05) is 31.8 Å². The minimum atomic E-state index is -0.861. The Labute approximate surface area is 173 Å². The number of rotatable bonds is 6. The highest BCUT2D eigenvalue weighted by molar-refractivity contribution is 7.12. The number of carbonyl (C=O) groups excluding carboxylic acids is 1. The standard InChI is InChI=1S/C21H26N2O5S/c1-11(2)19-22-20(28-23-19)18-14-7-8-27-10-17(14)29-16(18)9-15(24)12-5-3-4-6-13(12)21(25)26/h11-13H,3-10H2,1-2H3,(H,25,26)/t12-,13+/m0/s1. The first kappa shape index (κ1) is 20.2. The van der Waals surface area contributed by atoms with Gasteiger partial charge in [-0.2, -0.15) is 4.98 Å². The third-order valence-corrected chi connectivity index (χ3v) is 7.10. The lowest BCUT2D eigenvalue weighted by molar-refractivity contribution is -0.148. The molecule has 3 heterocycles. The summed E-state index contributed by atoms with van der Waals surface area (Å²) in [6.07, 6.45) is 3.96. The monoisotopic (exact) mass is 418 g/mol. The number of carboxylic acid groups (broad SMARTS) is 1. The molecule has 0 amide bonds. The summed E-state index contributed by atoms with van der Waals surface area (Å²) in [5.74, 6) is -0.611. The molecular weight excluding hydrogens is 392 g/mol. The number of Topliss-reactive ketones (excluding diaryl/α,β-unsaturated/α-hetero) is 1. The SMILES string of the molecule is CC(C)c1noc(-c2c(CC(=O)[C@H]3CCCC[C@H]3C(=O)O)sc3c2CCOC3)n1. The maximum absolute atomic E-state index is 13.1. The van der Waals surface area contributed by atoms with Crippen molar-refractivity contribution in [3.8, 4) is 11.5 Å². The predicted octanol–water partition coefficient (Wildman–Crippen LogP) is 4.00. The molecule has 1 fully saturated rings. The third-order valence-electron chi connectivity index (χ3n) is 5.90. The van der Waals surface area contributed by atoms with Crippen LogP contribution in [0.15, 0.2) is 4.52 Å². The highest BCUT2D eigenvalue weighted by Crippen LogP contribution is 2.41. The van der Waals surface area contributed by atoms with E-state index in [1.807, 2.05) is 13.8 Å². The number of hydrogen-bond acceptors (Lipinski definition) is 7. The Morgan fingerprint density at radius 2 is 2.00 bits per heavy atom. The molecule has 0 aromatic carbocycles. The van der Waals surface area contributed by atoms with Crippen LogP contribution in [0.2, 0.25) is 0 Å². The second-order valence-corrected chi connectivity index (χ2v) is 9.39. The number of thiophene rings is 1. The molecule has 0 unspecified atom stereocenters. The van der Waals surface area contributed by atoms with E-state index in [-0.39, 0.29) is 18.1 Å². The van der Waals surface area contributed by atoms with E-state index in [9.17, 15) is 14.7 Å². The van der Waals surface area contributed by atoms with Gasteiger partial charge in [0.2, 0.25) is 0 Å². The molecule has 1 aliphatic carbocycles. The second-order valence-electron chi connectivity index (χ2n) is 8.20. The molecular formula is C21H26N2O5S. The molecule has 1 saturated carbocycles. The van der Waals surface area contributed by atoms with Gasteiger partial charge in [-0.25, -0.2) is 0 Å². The Kier molecular flexibility index (Phi) is 5.83. The van der Waals surface area contributed by atoms with Crippen LogP contribution in [0.4, 0.5) is 0 Å². The Morgan fingerprint density at radius 3 is 2.69 bits per heavy atom. The summed E-state index contributed by atoms with van der Waals surface area (Å²) in [5, 5.41) is 13.6.